The number of hydrogen-bond donors (Lipinski definition) is 1. The topological polar surface area (TPSA) is 75.5 Å². The van der Waals surface area contributed by atoms with E-state index in [0.29, 0.717) is 29.9 Å². The van der Waals surface area contributed by atoms with Gasteiger partial charge in [-0.3, -0.25) is 4.79 Å². The molecule has 0 radical (unpaired) electrons. The summed E-state index contributed by atoms with van der Waals surface area (Å²) in [5.74, 6) is 1.20. The monoisotopic (exact) mass is 561 g/mol. The van der Waals surface area contributed by atoms with Crippen LogP contribution in [0.4, 0.5) is 5.69 Å². The van der Waals surface area contributed by atoms with Crippen molar-refractivity contribution in [2.45, 2.75) is 63.4 Å². The number of aliphatic hydroxyl groups is 1. The molecular formula is C31H35N3O3S2. The largest absolute Gasteiger partial charge is 0.473 e. The van der Waals surface area contributed by atoms with Crippen LogP contribution in [0.15, 0.2) is 54.2 Å². The number of ether oxygens (including phenoxy) is 1. The van der Waals surface area contributed by atoms with Crippen molar-refractivity contribution in [1.29, 1.82) is 0 Å². The number of anilines is 1. The minimum absolute atomic E-state index is 0.0262. The molecule has 204 valence electrons. The first-order valence-corrected chi connectivity index (χ1v) is 15.7. The molecule has 1 amide bonds. The van der Waals surface area contributed by atoms with E-state index in [1.807, 2.05) is 17.8 Å². The Morgan fingerprint density at radius 3 is 2.62 bits per heavy atom. The lowest BCUT2D eigenvalue weighted by molar-refractivity contribution is -0.124. The highest BCUT2D eigenvalue weighted by Crippen LogP contribution is 2.39. The van der Waals surface area contributed by atoms with E-state index in [1.54, 1.807) is 18.4 Å². The van der Waals surface area contributed by atoms with E-state index in [0.717, 1.165) is 66.7 Å². The Kier molecular flexibility index (Phi) is 7.95. The third-order valence-corrected chi connectivity index (χ3v) is 10.3. The molecular weight excluding hydrogens is 526 g/mol. The van der Waals surface area contributed by atoms with E-state index in [9.17, 15) is 9.90 Å². The standard InChI is InChI=1S/C31H35N3O3S2/c1-37-31-32-17-29(39-31)24-3-2-4-25(15-24)34(30(36)22-9-12-26(35)13-10-22)18-20-5-7-21(8-6-20)23-11-14-28-27(16-23)33-19-38-28/h2-4,11,14-17,19-22,26,35H,5-10,12-13,18H2,1H3. The molecule has 2 fully saturated rings. The Bertz CT molecular complexity index is 1420. The zero-order chi connectivity index (χ0) is 26.8. The minimum atomic E-state index is -0.272. The molecule has 4 aromatic rings. The van der Waals surface area contributed by atoms with Gasteiger partial charge in [0.05, 0.1) is 33.8 Å². The summed E-state index contributed by atoms with van der Waals surface area (Å²) in [5.41, 5.74) is 6.42. The Balaban J connectivity index is 1.20. The van der Waals surface area contributed by atoms with Gasteiger partial charge in [-0.1, -0.05) is 29.5 Å². The van der Waals surface area contributed by atoms with E-state index < -0.39 is 0 Å². The molecule has 0 atom stereocenters. The van der Waals surface area contributed by atoms with Gasteiger partial charge >= 0.3 is 0 Å². The summed E-state index contributed by atoms with van der Waals surface area (Å²) in [6, 6.07) is 15.0. The number of benzene rings is 2. The fraction of sp³-hybridized carbons (Fsp3) is 0.452. The van der Waals surface area contributed by atoms with Crippen molar-refractivity contribution in [2.75, 3.05) is 18.6 Å². The van der Waals surface area contributed by atoms with E-state index in [1.165, 1.54) is 21.6 Å². The quantitative estimate of drug-likeness (QED) is 0.256. The number of carbonyl (C=O) groups is 1. The molecule has 2 aromatic heterocycles. The molecule has 8 heteroatoms. The van der Waals surface area contributed by atoms with Crippen molar-refractivity contribution in [3.63, 3.8) is 0 Å². The van der Waals surface area contributed by atoms with Crippen LogP contribution >= 0.6 is 22.7 Å². The number of thiazole rings is 2. The van der Waals surface area contributed by atoms with Gasteiger partial charge in [-0.25, -0.2) is 9.97 Å². The van der Waals surface area contributed by atoms with Gasteiger partial charge in [0, 0.05) is 24.3 Å². The Morgan fingerprint density at radius 1 is 1.03 bits per heavy atom. The summed E-state index contributed by atoms with van der Waals surface area (Å²) < 4.78 is 6.54. The van der Waals surface area contributed by atoms with Crippen molar-refractivity contribution in [1.82, 2.24) is 9.97 Å². The highest BCUT2D eigenvalue weighted by molar-refractivity contribution is 7.17. The Morgan fingerprint density at radius 2 is 1.85 bits per heavy atom. The summed E-state index contributed by atoms with van der Waals surface area (Å²) in [6.45, 7) is 0.741. The minimum Gasteiger partial charge on any atom is -0.473 e. The third kappa shape index (κ3) is 5.88. The molecule has 39 heavy (non-hydrogen) atoms. The van der Waals surface area contributed by atoms with Crippen LogP contribution in [0.2, 0.25) is 0 Å². The summed E-state index contributed by atoms with van der Waals surface area (Å²) in [7, 11) is 1.63. The van der Waals surface area contributed by atoms with Crippen molar-refractivity contribution >= 4 is 44.5 Å². The first kappa shape index (κ1) is 26.4. The van der Waals surface area contributed by atoms with Gasteiger partial charge in [-0.15, -0.1) is 11.3 Å². The molecule has 2 aliphatic rings. The predicted octanol–water partition coefficient (Wildman–Crippen LogP) is 7.29. The van der Waals surface area contributed by atoms with E-state index in [2.05, 4.69) is 51.3 Å². The molecule has 2 aliphatic carbocycles. The SMILES string of the molecule is COc1ncc(-c2cccc(N(CC3CCC(c4ccc5scnc5c4)CC3)C(=O)C3CCC(O)CC3)c2)s1. The molecule has 0 aliphatic heterocycles. The van der Waals surface area contributed by atoms with Crippen molar-refractivity contribution in [3.05, 3.63) is 59.7 Å². The molecule has 2 heterocycles. The van der Waals surface area contributed by atoms with E-state index in [-0.39, 0.29) is 17.9 Å². The zero-order valence-electron chi connectivity index (χ0n) is 22.3. The van der Waals surface area contributed by atoms with Crippen molar-refractivity contribution in [3.8, 4) is 15.6 Å². The van der Waals surface area contributed by atoms with Crippen LogP contribution < -0.4 is 9.64 Å². The maximum Gasteiger partial charge on any atom is 0.273 e. The van der Waals surface area contributed by atoms with Crippen LogP contribution in [0, 0.1) is 11.8 Å². The molecule has 0 saturated heterocycles. The number of amides is 1. The molecule has 0 spiro atoms. The first-order chi connectivity index (χ1) is 19.1. The second-order valence-electron chi connectivity index (χ2n) is 11.0. The molecule has 1 N–H and O–H groups in total. The number of carbonyl (C=O) groups excluding carboxylic acids is 1. The normalized spacial score (nSPS) is 23.5. The van der Waals surface area contributed by atoms with Crippen LogP contribution in [-0.2, 0) is 4.79 Å². The predicted molar refractivity (Wildman–Crippen MR) is 159 cm³/mol. The third-order valence-electron chi connectivity index (χ3n) is 8.53. The van der Waals surface area contributed by atoms with Gasteiger partial charge in [0.2, 0.25) is 5.91 Å². The lowest BCUT2D eigenvalue weighted by atomic mass is 9.78. The lowest BCUT2D eigenvalue weighted by Gasteiger charge is -2.36. The maximum atomic E-state index is 14.0. The summed E-state index contributed by atoms with van der Waals surface area (Å²) in [6.07, 6.45) is 8.99. The van der Waals surface area contributed by atoms with E-state index >= 15 is 0 Å². The van der Waals surface area contributed by atoms with Gasteiger partial charge in [0.1, 0.15) is 0 Å². The second-order valence-corrected chi connectivity index (χ2v) is 12.9. The smallest absolute Gasteiger partial charge is 0.273 e. The summed E-state index contributed by atoms with van der Waals surface area (Å²) >= 11 is 3.20. The van der Waals surface area contributed by atoms with Crippen LogP contribution in [0.5, 0.6) is 5.19 Å². The molecule has 6 rings (SSSR count). The van der Waals surface area contributed by atoms with Gasteiger partial charge in [-0.2, -0.15) is 0 Å². The average Bonchev–Trinajstić information content (AvgIpc) is 3.66. The number of hydrogen-bond acceptors (Lipinski definition) is 7. The van der Waals surface area contributed by atoms with Gasteiger partial charge in [0.25, 0.3) is 5.19 Å². The summed E-state index contributed by atoms with van der Waals surface area (Å²) in [5, 5.41) is 10.7. The number of nitrogens with zero attached hydrogens (tertiary/aromatic N) is 3. The fourth-order valence-corrected chi connectivity index (χ4v) is 7.63. The van der Waals surface area contributed by atoms with Crippen LogP contribution in [-0.4, -0.2) is 40.7 Å². The van der Waals surface area contributed by atoms with Gasteiger partial charge < -0.3 is 14.7 Å². The average molecular weight is 562 g/mol. The summed E-state index contributed by atoms with van der Waals surface area (Å²) in [4.78, 5) is 25.9. The second kappa shape index (κ2) is 11.7. The zero-order valence-corrected chi connectivity index (χ0v) is 23.9. The van der Waals surface area contributed by atoms with Crippen LogP contribution in [0.3, 0.4) is 0 Å². The Hall–Kier alpha value is -2.81. The van der Waals surface area contributed by atoms with Gasteiger partial charge in [-0.05, 0) is 98.6 Å². The van der Waals surface area contributed by atoms with E-state index in [4.69, 9.17) is 4.74 Å². The number of aromatic nitrogens is 2. The Labute approximate surface area is 237 Å². The van der Waals surface area contributed by atoms with Crippen molar-refractivity contribution in [2.24, 2.45) is 11.8 Å². The highest BCUT2D eigenvalue weighted by Gasteiger charge is 2.32. The molecule has 2 aromatic carbocycles. The van der Waals surface area contributed by atoms with Crippen LogP contribution in [0.1, 0.15) is 62.8 Å². The number of rotatable bonds is 7. The number of fused-ring (bicyclic) bond motifs is 1. The number of methoxy groups -OCH3 is 1. The molecule has 6 nitrogen and oxygen atoms in total. The molecule has 2 saturated carbocycles. The number of aliphatic hydroxyl groups excluding tert-OH is 1. The molecule has 0 unspecified atom stereocenters. The van der Waals surface area contributed by atoms with Gasteiger partial charge in [0.15, 0.2) is 0 Å². The van der Waals surface area contributed by atoms with Crippen LogP contribution in [0.25, 0.3) is 20.7 Å². The first-order valence-electron chi connectivity index (χ1n) is 14.0. The highest BCUT2D eigenvalue weighted by atomic mass is 32.1. The fourth-order valence-electron chi connectivity index (χ4n) is 6.24. The molecule has 0 bridgehead atoms. The van der Waals surface area contributed by atoms with Crippen molar-refractivity contribution < 1.29 is 14.6 Å². The lowest BCUT2D eigenvalue weighted by Crippen LogP contribution is -2.41. The maximum absolute atomic E-state index is 14.0.